The van der Waals surface area contributed by atoms with Crippen molar-refractivity contribution in [1.82, 2.24) is 9.97 Å². The first-order chi connectivity index (χ1) is 12.0. The molecule has 25 heavy (non-hydrogen) atoms. The molecule has 0 unspecified atom stereocenters. The number of urea groups is 1. The maximum absolute atomic E-state index is 12.4. The molecule has 1 aromatic carbocycles. The second-order valence-electron chi connectivity index (χ2n) is 5.11. The third kappa shape index (κ3) is 4.19. The van der Waals surface area contributed by atoms with Crippen LogP contribution in [0.1, 0.15) is 0 Å². The fraction of sp³-hybridized carbons (Fsp3) is 0.312. The minimum atomic E-state index is -0.469. The fourth-order valence-electron chi connectivity index (χ4n) is 2.15. The lowest BCUT2D eigenvalue weighted by Gasteiger charge is -2.18. The van der Waals surface area contributed by atoms with Gasteiger partial charge in [0.05, 0.1) is 33.2 Å². The number of carbonyl (C=O) groups excluding carboxylic acids is 1. The van der Waals surface area contributed by atoms with E-state index < -0.39 is 6.03 Å². The number of carbonyl (C=O) groups is 1. The Labute approximate surface area is 145 Å². The quantitative estimate of drug-likeness (QED) is 0.827. The molecule has 0 aliphatic carbocycles. The summed E-state index contributed by atoms with van der Waals surface area (Å²) in [7, 11) is 8.11. The van der Waals surface area contributed by atoms with Gasteiger partial charge in [0, 0.05) is 14.1 Å². The molecule has 2 N–H and O–H groups in total. The molecule has 0 aliphatic rings. The number of anilines is 3. The number of ether oxygens (including phenoxy) is 3. The van der Waals surface area contributed by atoms with Crippen LogP contribution in [-0.4, -0.2) is 51.4 Å². The van der Waals surface area contributed by atoms with Crippen molar-refractivity contribution in [2.24, 2.45) is 0 Å². The van der Waals surface area contributed by atoms with E-state index in [9.17, 15) is 4.79 Å². The van der Waals surface area contributed by atoms with Gasteiger partial charge >= 0.3 is 12.0 Å². The molecule has 9 nitrogen and oxygen atoms in total. The van der Waals surface area contributed by atoms with Gasteiger partial charge in [-0.1, -0.05) is 6.07 Å². The van der Waals surface area contributed by atoms with Gasteiger partial charge in [-0.25, -0.2) is 9.78 Å². The third-order valence-corrected chi connectivity index (χ3v) is 3.25. The normalized spacial score (nSPS) is 9.96. The van der Waals surface area contributed by atoms with Gasteiger partial charge in [0.1, 0.15) is 5.69 Å². The summed E-state index contributed by atoms with van der Waals surface area (Å²) in [5.41, 5.74) is 0.908. The van der Waals surface area contributed by atoms with E-state index in [1.54, 1.807) is 37.2 Å². The molecule has 0 spiro atoms. The highest BCUT2D eigenvalue weighted by molar-refractivity contribution is 6.02. The van der Waals surface area contributed by atoms with Gasteiger partial charge in [0.2, 0.25) is 0 Å². The number of hydrogen-bond donors (Lipinski definition) is 2. The second kappa shape index (κ2) is 8.04. The van der Waals surface area contributed by atoms with Crippen molar-refractivity contribution in [3.05, 3.63) is 24.4 Å². The number of nitrogens with zero attached hydrogens (tertiary/aromatic N) is 3. The van der Waals surface area contributed by atoms with Gasteiger partial charge in [-0.05, 0) is 12.1 Å². The summed E-state index contributed by atoms with van der Waals surface area (Å²) in [6, 6.07) is 4.94. The minimum absolute atomic E-state index is 0.212. The predicted molar refractivity (Wildman–Crippen MR) is 95.1 cm³/mol. The first-order valence-electron chi connectivity index (χ1n) is 7.37. The molecule has 9 heteroatoms. The summed E-state index contributed by atoms with van der Waals surface area (Å²) in [6.45, 7) is 0. The number of amides is 2. The van der Waals surface area contributed by atoms with Gasteiger partial charge in [-0.15, -0.1) is 0 Å². The monoisotopic (exact) mass is 347 g/mol. The summed E-state index contributed by atoms with van der Waals surface area (Å²) in [5.74, 6) is 1.46. The number of methoxy groups -OCH3 is 3. The van der Waals surface area contributed by atoms with Crippen molar-refractivity contribution < 1.29 is 19.0 Å². The van der Waals surface area contributed by atoms with Crippen molar-refractivity contribution in [3.8, 4) is 17.5 Å². The second-order valence-corrected chi connectivity index (χ2v) is 5.11. The zero-order chi connectivity index (χ0) is 18.4. The maximum atomic E-state index is 12.4. The number of para-hydroxylation sites is 1. The van der Waals surface area contributed by atoms with E-state index in [0.717, 1.165) is 0 Å². The Morgan fingerprint density at radius 2 is 1.76 bits per heavy atom. The Balaban J connectivity index is 2.21. The highest BCUT2D eigenvalue weighted by atomic mass is 16.5. The van der Waals surface area contributed by atoms with Crippen molar-refractivity contribution in [2.75, 3.05) is 51.0 Å². The van der Waals surface area contributed by atoms with Crippen LogP contribution in [0.5, 0.6) is 17.5 Å². The van der Waals surface area contributed by atoms with Gasteiger partial charge < -0.3 is 29.7 Å². The van der Waals surface area contributed by atoms with Crippen LogP contribution in [0.2, 0.25) is 0 Å². The SMILES string of the molecule is COc1ncc(NC(=O)Nc2cccc(OC)c2OC)c(N(C)C)n1. The summed E-state index contributed by atoms with van der Waals surface area (Å²) in [4.78, 5) is 22.3. The van der Waals surface area contributed by atoms with Crippen LogP contribution < -0.4 is 29.7 Å². The number of hydrogen-bond acceptors (Lipinski definition) is 7. The lowest BCUT2D eigenvalue weighted by molar-refractivity contribution is 0.262. The minimum Gasteiger partial charge on any atom is -0.493 e. The lowest BCUT2D eigenvalue weighted by Crippen LogP contribution is -2.23. The molecule has 0 aliphatic heterocycles. The molecule has 0 bridgehead atoms. The van der Waals surface area contributed by atoms with Gasteiger partial charge in [0.25, 0.3) is 0 Å². The van der Waals surface area contributed by atoms with Crippen LogP contribution in [0, 0.1) is 0 Å². The fourth-order valence-corrected chi connectivity index (χ4v) is 2.15. The number of aromatic nitrogens is 2. The van der Waals surface area contributed by atoms with E-state index in [4.69, 9.17) is 14.2 Å². The molecular formula is C16H21N5O4. The molecule has 2 rings (SSSR count). The van der Waals surface area contributed by atoms with Crippen LogP contribution >= 0.6 is 0 Å². The molecular weight excluding hydrogens is 326 g/mol. The standard InChI is InChI=1S/C16H21N5O4/c1-21(2)14-11(9-17-16(20-14)25-5)19-15(22)18-10-7-6-8-12(23-3)13(10)24-4/h6-9H,1-5H3,(H2,18,19,22). The smallest absolute Gasteiger partial charge is 0.323 e. The molecule has 0 saturated heterocycles. The summed E-state index contributed by atoms with van der Waals surface area (Å²) >= 11 is 0. The van der Waals surface area contributed by atoms with E-state index in [1.165, 1.54) is 27.5 Å². The number of rotatable bonds is 6. The van der Waals surface area contributed by atoms with Crippen LogP contribution in [0.4, 0.5) is 22.0 Å². The van der Waals surface area contributed by atoms with E-state index in [-0.39, 0.29) is 6.01 Å². The Hall–Kier alpha value is -3.23. The molecule has 1 aromatic heterocycles. The van der Waals surface area contributed by atoms with Crippen molar-refractivity contribution >= 4 is 23.2 Å². The van der Waals surface area contributed by atoms with Crippen molar-refractivity contribution in [1.29, 1.82) is 0 Å². The van der Waals surface area contributed by atoms with Crippen LogP contribution in [0.25, 0.3) is 0 Å². The molecule has 134 valence electrons. The first-order valence-corrected chi connectivity index (χ1v) is 7.37. The van der Waals surface area contributed by atoms with Gasteiger partial charge in [-0.3, -0.25) is 0 Å². The zero-order valence-electron chi connectivity index (χ0n) is 14.8. The predicted octanol–water partition coefficient (Wildman–Crippen LogP) is 2.21. The molecule has 1 heterocycles. The number of nitrogens with one attached hydrogen (secondary N) is 2. The maximum Gasteiger partial charge on any atom is 0.323 e. The van der Waals surface area contributed by atoms with Crippen molar-refractivity contribution in [3.63, 3.8) is 0 Å². The third-order valence-electron chi connectivity index (χ3n) is 3.25. The molecule has 0 radical (unpaired) electrons. The summed E-state index contributed by atoms with van der Waals surface area (Å²) in [6.07, 6.45) is 1.48. The molecule has 2 amide bonds. The molecule has 0 atom stereocenters. The Bertz CT molecular complexity index is 751. The van der Waals surface area contributed by atoms with E-state index in [0.29, 0.717) is 28.7 Å². The average molecular weight is 347 g/mol. The van der Waals surface area contributed by atoms with Gasteiger partial charge in [-0.2, -0.15) is 4.98 Å². The van der Waals surface area contributed by atoms with E-state index in [2.05, 4.69) is 20.6 Å². The summed E-state index contributed by atoms with van der Waals surface area (Å²) in [5, 5.41) is 5.43. The zero-order valence-corrected chi connectivity index (χ0v) is 14.8. The van der Waals surface area contributed by atoms with Crippen LogP contribution in [0.15, 0.2) is 24.4 Å². The van der Waals surface area contributed by atoms with E-state index in [1.807, 2.05) is 0 Å². The number of benzene rings is 1. The molecule has 0 fully saturated rings. The summed E-state index contributed by atoms with van der Waals surface area (Å²) < 4.78 is 15.5. The Morgan fingerprint density at radius 3 is 2.36 bits per heavy atom. The van der Waals surface area contributed by atoms with Crippen LogP contribution in [-0.2, 0) is 0 Å². The van der Waals surface area contributed by atoms with E-state index >= 15 is 0 Å². The average Bonchev–Trinajstić information content (AvgIpc) is 2.61. The van der Waals surface area contributed by atoms with Crippen LogP contribution in [0.3, 0.4) is 0 Å². The van der Waals surface area contributed by atoms with Crippen molar-refractivity contribution in [2.45, 2.75) is 0 Å². The molecule has 2 aromatic rings. The van der Waals surface area contributed by atoms with Gasteiger partial charge in [0.15, 0.2) is 17.3 Å². The Kier molecular flexibility index (Phi) is 5.83. The Morgan fingerprint density at radius 1 is 1.04 bits per heavy atom. The largest absolute Gasteiger partial charge is 0.493 e. The topological polar surface area (TPSA) is 97.8 Å². The first kappa shape index (κ1) is 18.1. The molecule has 0 saturated carbocycles. The lowest BCUT2D eigenvalue weighted by atomic mass is 10.2. The highest BCUT2D eigenvalue weighted by Gasteiger charge is 2.15. The highest BCUT2D eigenvalue weighted by Crippen LogP contribution is 2.34.